The number of carbonyl (C=O) groups excluding carboxylic acids is 2. The van der Waals surface area contributed by atoms with Crippen molar-refractivity contribution in [2.45, 2.75) is 38.3 Å². The zero-order valence-corrected chi connectivity index (χ0v) is 17.8. The van der Waals surface area contributed by atoms with Gasteiger partial charge in [-0.05, 0) is 38.1 Å². The molecule has 2 heterocycles. The van der Waals surface area contributed by atoms with Gasteiger partial charge in [-0.1, -0.05) is 6.07 Å². The van der Waals surface area contributed by atoms with E-state index < -0.39 is 5.60 Å². The first kappa shape index (κ1) is 22.7. The van der Waals surface area contributed by atoms with E-state index in [1.807, 2.05) is 0 Å². The van der Waals surface area contributed by atoms with Gasteiger partial charge in [-0.2, -0.15) is 0 Å². The van der Waals surface area contributed by atoms with Crippen molar-refractivity contribution in [1.82, 2.24) is 9.88 Å². The topological polar surface area (TPSA) is 109 Å². The number of hydrogen-bond donors (Lipinski definition) is 2. The Bertz CT molecular complexity index is 925. The maximum atomic E-state index is 13.3. The first-order chi connectivity index (χ1) is 14.8. The lowest BCUT2D eigenvalue weighted by Crippen LogP contribution is -2.49. The van der Waals surface area contributed by atoms with E-state index in [-0.39, 0.29) is 36.3 Å². The van der Waals surface area contributed by atoms with Crippen LogP contribution >= 0.6 is 0 Å². The van der Waals surface area contributed by atoms with Crippen LogP contribution in [0.25, 0.3) is 0 Å². The monoisotopic (exact) mass is 428 g/mol. The van der Waals surface area contributed by atoms with Gasteiger partial charge in [-0.25, -0.2) is 0 Å². The Hall–Kier alpha value is -2.97. The fourth-order valence-electron chi connectivity index (χ4n) is 3.58. The van der Waals surface area contributed by atoms with Gasteiger partial charge in [-0.3, -0.25) is 14.6 Å². The molecule has 0 unspecified atom stereocenters. The van der Waals surface area contributed by atoms with E-state index in [9.17, 15) is 19.8 Å². The molecule has 1 atom stereocenters. The Kier molecular flexibility index (Phi) is 7.25. The number of amides is 1. The summed E-state index contributed by atoms with van der Waals surface area (Å²) in [5.74, 6) is -0.00266. The quantitative estimate of drug-likeness (QED) is 0.621. The van der Waals surface area contributed by atoms with Crippen molar-refractivity contribution in [2.24, 2.45) is 0 Å². The maximum absolute atomic E-state index is 13.3. The van der Waals surface area contributed by atoms with Crippen LogP contribution in [0.1, 0.15) is 46.7 Å². The zero-order chi connectivity index (χ0) is 22.4. The summed E-state index contributed by atoms with van der Waals surface area (Å²) in [6.45, 7) is 4.85. The van der Waals surface area contributed by atoms with Gasteiger partial charge in [0.25, 0.3) is 5.91 Å². The van der Waals surface area contributed by atoms with Gasteiger partial charge >= 0.3 is 0 Å². The molecule has 0 radical (unpaired) electrons. The second-order valence-corrected chi connectivity index (χ2v) is 8.16. The Morgan fingerprint density at radius 2 is 2.16 bits per heavy atom. The van der Waals surface area contributed by atoms with Crippen LogP contribution in [0.3, 0.4) is 0 Å². The molecule has 8 nitrogen and oxygen atoms in total. The zero-order valence-electron chi connectivity index (χ0n) is 17.8. The van der Waals surface area contributed by atoms with Crippen LogP contribution in [0.15, 0.2) is 36.5 Å². The summed E-state index contributed by atoms with van der Waals surface area (Å²) in [5.41, 5.74) is 0.131. The van der Waals surface area contributed by atoms with Crippen molar-refractivity contribution < 1.29 is 29.3 Å². The lowest BCUT2D eigenvalue weighted by Gasteiger charge is -2.36. The predicted molar refractivity (Wildman–Crippen MR) is 113 cm³/mol. The number of phenolic OH excluding ortho intramolecular Hbond substituents is 1. The van der Waals surface area contributed by atoms with E-state index in [2.05, 4.69) is 4.98 Å². The number of hydrogen-bond acceptors (Lipinski definition) is 7. The summed E-state index contributed by atoms with van der Waals surface area (Å²) in [6.07, 6.45) is 2.92. The number of benzene rings is 1. The first-order valence-electron chi connectivity index (χ1n) is 10.2. The van der Waals surface area contributed by atoms with Crippen LogP contribution in [0.4, 0.5) is 0 Å². The van der Waals surface area contributed by atoms with Crippen LogP contribution in [0, 0.1) is 0 Å². The van der Waals surface area contributed by atoms with Gasteiger partial charge in [0.1, 0.15) is 11.5 Å². The fourth-order valence-corrected chi connectivity index (χ4v) is 3.58. The van der Waals surface area contributed by atoms with Gasteiger partial charge in [0.05, 0.1) is 48.3 Å². The number of carbonyl (C=O) groups is 2. The van der Waals surface area contributed by atoms with Gasteiger partial charge in [-0.15, -0.1) is 0 Å². The van der Waals surface area contributed by atoms with Crippen molar-refractivity contribution in [3.8, 4) is 11.5 Å². The number of aromatic nitrogens is 1. The Morgan fingerprint density at radius 3 is 2.90 bits per heavy atom. The average Bonchev–Trinajstić information content (AvgIpc) is 2.73. The third-order valence-electron chi connectivity index (χ3n) is 5.08. The Morgan fingerprint density at radius 1 is 1.35 bits per heavy atom. The van der Waals surface area contributed by atoms with Crippen molar-refractivity contribution >= 4 is 12.2 Å². The molecule has 1 aliphatic rings. The maximum Gasteiger partial charge on any atom is 0.256 e. The van der Waals surface area contributed by atoms with Crippen molar-refractivity contribution in [1.29, 1.82) is 0 Å². The molecule has 8 heteroatoms. The molecule has 1 amide bonds. The van der Waals surface area contributed by atoms with Gasteiger partial charge in [0.2, 0.25) is 0 Å². The normalized spacial score (nSPS) is 16.7. The highest BCUT2D eigenvalue weighted by atomic mass is 16.5. The lowest BCUT2D eigenvalue weighted by atomic mass is 9.98. The lowest BCUT2D eigenvalue weighted by molar-refractivity contribution is -0.00758. The molecule has 0 saturated carbocycles. The largest absolute Gasteiger partial charge is 0.507 e. The number of nitrogens with zero attached hydrogens (tertiary/aromatic N) is 2. The molecule has 1 aromatic heterocycles. The highest BCUT2D eigenvalue weighted by molar-refractivity contribution is 5.95. The molecule has 2 N–H and O–H groups in total. The summed E-state index contributed by atoms with van der Waals surface area (Å²) in [5, 5.41) is 20.0. The highest BCUT2D eigenvalue weighted by Crippen LogP contribution is 2.26. The molecule has 1 fully saturated rings. The van der Waals surface area contributed by atoms with E-state index in [1.165, 1.54) is 6.07 Å². The predicted octanol–water partition coefficient (Wildman–Crippen LogP) is 2.22. The number of morpholine rings is 1. The molecule has 1 aliphatic heterocycles. The molecule has 0 aliphatic carbocycles. The minimum atomic E-state index is -0.987. The molecular formula is C23H28N2O6. The van der Waals surface area contributed by atoms with Gasteiger partial charge in [0.15, 0.2) is 6.29 Å². The fraction of sp³-hybridized carbons (Fsp3) is 0.435. The minimum Gasteiger partial charge on any atom is -0.507 e. The van der Waals surface area contributed by atoms with E-state index in [4.69, 9.17) is 9.47 Å². The van der Waals surface area contributed by atoms with Crippen molar-refractivity contribution in [3.05, 3.63) is 53.3 Å². The molecule has 0 spiro atoms. The first-order valence-corrected chi connectivity index (χ1v) is 10.2. The van der Waals surface area contributed by atoms with E-state index in [0.717, 1.165) is 0 Å². The molecule has 3 rings (SSSR count). The number of rotatable bonds is 8. The molecule has 31 heavy (non-hydrogen) atoms. The molecular weight excluding hydrogens is 400 g/mol. The number of aldehydes is 1. The van der Waals surface area contributed by atoms with E-state index in [0.29, 0.717) is 49.5 Å². The number of ether oxygens (including phenoxy) is 2. The van der Waals surface area contributed by atoms with Crippen LogP contribution in [-0.4, -0.2) is 70.3 Å². The second-order valence-electron chi connectivity index (χ2n) is 8.16. The highest BCUT2D eigenvalue weighted by Gasteiger charge is 2.30. The SMILES string of the molecule is CC(C)(O)Cc1ncccc1C(=O)N1CCOC[C@H]1CCOc1cccc(O)c1C=O. The summed E-state index contributed by atoms with van der Waals surface area (Å²) in [7, 11) is 0. The van der Waals surface area contributed by atoms with Crippen LogP contribution in [0.2, 0.25) is 0 Å². The molecule has 0 bridgehead atoms. The second kappa shape index (κ2) is 9.89. The summed E-state index contributed by atoms with van der Waals surface area (Å²) < 4.78 is 11.3. The van der Waals surface area contributed by atoms with E-state index in [1.54, 1.807) is 49.2 Å². The summed E-state index contributed by atoms with van der Waals surface area (Å²) in [4.78, 5) is 30.6. The van der Waals surface area contributed by atoms with Crippen LogP contribution in [-0.2, 0) is 11.2 Å². The number of pyridine rings is 1. The number of aliphatic hydroxyl groups is 1. The number of phenols is 1. The van der Waals surface area contributed by atoms with Gasteiger partial charge < -0.3 is 24.6 Å². The van der Waals surface area contributed by atoms with Gasteiger partial charge in [0, 0.05) is 25.6 Å². The van der Waals surface area contributed by atoms with Crippen LogP contribution in [0.5, 0.6) is 11.5 Å². The Labute approximate surface area is 181 Å². The summed E-state index contributed by atoms with van der Waals surface area (Å²) in [6, 6.07) is 7.86. The molecule has 1 saturated heterocycles. The van der Waals surface area contributed by atoms with Crippen LogP contribution < -0.4 is 4.74 Å². The standard InChI is InChI=1S/C23H28N2O6/c1-23(2,29)13-19-17(5-4-9-24-19)22(28)25-10-12-30-15-16(25)8-11-31-21-7-3-6-20(27)18(21)14-26/h3-7,9,14,16,27,29H,8,10-13,15H2,1-2H3/t16-/m1/s1. The molecule has 2 aromatic rings. The average molecular weight is 428 g/mol. The third-order valence-corrected chi connectivity index (χ3v) is 5.08. The molecule has 1 aromatic carbocycles. The smallest absolute Gasteiger partial charge is 0.256 e. The van der Waals surface area contributed by atoms with E-state index >= 15 is 0 Å². The van der Waals surface area contributed by atoms with Crippen molar-refractivity contribution in [3.63, 3.8) is 0 Å². The number of aromatic hydroxyl groups is 1. The molecule has 166 valence electrons. The third kappa shape index (κ3) is 5.80. The summed E-state index contributed by atoms with van der Waals surface area (Å²) >= 11 is 0. The minimum absolute atomic E-state index is 0.0990. The Balaban J connectivity index is 1.71. The van der Waals surface area contributed by atoms with Crippen molar-refractivity contribution in [2.75, 3.05) is 26.4 Å².